The summed E-state index contributed by atoms with van der Waals surface area (Å²) in [5.74, 6) is -2.10. The summed E-state index contributed by atoms with van der Waals surface area (Å²) >= 11 is 0. The van der Waals surface area contributed by atoms with Gasteiger partial charge in [0.25, 0.3) is 11.8 Å². The van der Waals surface area contributed by atoms with Crippen molar-refractivity contribution in [3.8, 4) is 0 Å². The van der Waals surface area contributed by atoms with Gasteiger partial charge in [-0.3, -0.25) is 14.5 Å². The van der Waals surface area contributed by atoms with Crippen molar-refractivity contribution in [1.29, 1.82) is 0 Å². The quantitative estimate of drug-likeness (QED) is 0.531. The minimum atomic E-state index is -1.60. The van der Waals surface area contributed by atoms with Crippen LogP contribution in [0.4, 0.5) is 5.69 Å². The van der Waals surface area contributed by atoms with Crippen molar-refractivity contribution < 1.29 is 19.1 Å². The molecule has 2 fully saturated rings. The molecule has 5 rings (SSSR count). The Morgan fingerprint density at radius 2 is 1.35 bits per heavy atom. The molecule has 0 unspecified atom stereocenters. The van der Waals surface area contributed by atoms with Gasteiger partial charge in [0.05, 0.1) is 12.1 Å². The van der Waals surface area contributed by atoms with Crippen molar-refractivity contribution in [2.75, 3.05) is 11.9 Å². The largest absolute Gasteiger partial charge is 0.335 e. The van der Waals surface area contributed by atoms with E-state index >= 15 is 0 Å². The van der Waals surface area contributed by atoms with E-state index in [1.54, 1.807) is 23.8 Å². The van der Waals surface area contributed by atoms with Crippen molar-refractivity contribution in [1.82, 2.24) is 4.90 Å². The van der Waals surface area contributed by atoms with Gasteiger partial charge in [-0.15, -0.1) is 0 Å². The van der Waals surface area contributed by atoms with Gasteiger partial charge in [-0.25, -0.2) is 0 Å². The monoisotopic (exact) mass is 456 g/mol. The first-order valence-corrected chi connectivity index (χ1v) is 11.5. The Morgan fingerprint density at radius 3 is 1.94 bits per heavy atom. The maximum Gasteiger partial charge on any atom is 0.282 e. The third-order valence-electron chi connectivity index (χ3n) is 6.81. The van der Waals surface area contributed by atoms with Crippen LogP contribution in [0.1, 0.15) is 37.1 Å². The lowest BCUT2D eigenvalue weighted by Gasteiger charge is -2.52. The minimum Gasteiger partial charge on any atom is -0.335 e. The summed E-state index contributed by atoms with van der Waals surface area (Å²) in [6, 6.07) is 28.5. The smallest absolute Gasteiger partial charge is 0.282 e. The fourth-order valence-electron chi connectivity index (χ4n) is 4.84. The number of morpholine rings is 1. The molecule has 2 saturated heterocycles. The highest BCUT2D eigenvalue weighted by Crippen LogP contribution is 2.45. The molecule has 3 aromatic rings. The molecule has 0 aromatic heterocycles. The Labute approximate surface area is 199 Å². The average molecular weight is 457 g/mol. The molecule has 2 amide bonds. The number of likely N-dealkylation sites (N-methyl/N-ethyl adjacent to an activating group) is 1. The molecule has 34 heavy (non-hydrogen) atoms. The molecule has 6 heteroatoms. The fourth-order valence-corrected chi connectivity index (χ4v) is 4.84. The highest BCUT2D eigenvalue weighted by atomic mass is 16.7. The van der Waals surface area contributed by atoms with Crippen LogP contribution in [0.5, 0.6) is 0 Å². The Morgan fingerprint density at radius 1 is 0.824 bits per heavy atom. The fraction of sp³-hybridized carbons (Fsp3) is 0.286. The zero-order valence-electron chi connectivity index (χ0n) is 19.5. The van der Waals surface area contributed by atoms with Gasteiger partial charge < -0.3 is 14.4 Å². The molecule has 0 N–H and O–H groups in total. The van der Waals surface area contributed by atoms with E-state index in [4.69, 9.17) is 9.47 Å². The van der Waals surface area contributed by atoms with Gasteiger partial charge in [-0.1, -0.05) is 78.9 Å². The molecule has 174 valence electrons. The van der Waals surface area contributed by atoms with Gasteiger partial charge in [0, 0.05) is 12.7 Å². The lowest BCUT2D eigenvalue weighted by atomic mass is 9.89. The molecule has 0 radical (unpaired) electrons. The molecule has 2 heterocycles. The standard InChI is InChI=1S/C28H28N2O4/c1-19-24(21-15-9-5-10-16-21)33-28(2,27(32)29(19)3)34-25-23(20-13-7-4-8-14-20)30(26(25)31)22-17-11-6-12-18-22/h4-19,23-25H,1-3H3/t19-,23-,24-,25+,28-/m0/s1. The predicted molar refractivity (Wildman–Crippen MR) is 129 cm³/mol. The topological polar surface area (TPSA) is 59.1 Å². The van der Waals surface area contributed by atoms with E-state index in [0.717, 1.165) is 16.8 Å². The zero-order chi connectivity index (χ0) is 23.9. The Bertz CT molecular complexity index is 1170. The third-order valence-corrected chi connectivity index (χ3v) is 6.81. The predicted octanol–water partition coefficient (Wildman–Crippen LogP) is 4.49. The van der Waals surface area contributed by atoms with Crippen molar-refractivity contribution in [3.05, 3.63) is 102 Å². The molecule has 0 spiro atoms. The van der Waals surface area contributed by atoms with E-state index in [1.165, 1.54) is 0 Å². The van der Waals surface area contributed by atoms with Gasteiger partial charge in [-0.2, -0.15) is 0 Å². The highest BCUT2D eigenvalue weighted by molar-refractivity contribution is 6.05. The summed E-state index contributed by atoms with van der Waals surface area (Å²) in [6.07, 6.45) is -1.24. The van der Waals surface area contributed by atoms with Gasteiger partial charge >= 0.3 is 0 Å². The van der Waals surface area contributed by atoms with Crippen LogP contribution in [0.3, 0.4) is 0 Å². The number of carbonyl (C=O) groups is 2. The first-order valence-electron chi connectivity index (χ1n) is 11.5. The third kappa shape index (κ3) is 3.69. The molecule has 0 aliphatic carbocycles. The summed E-state index contributed by atoms with van der Waals surface area (Å²) in [5.41, 5.74) is 2.67. The van der Waals surface area contributed by atoms with Crippen molar-refractivity contribution >= 4 is 17.5 Å². The van der Waals surface area contributed by atoms with E-state index in [1.807, 2.05) is 97.9 Å². The molecule has 5 atom stereocenters. The van der Waals surface area contributed by atoms with E-state index in [0.29, 0.717) is 0 Å². The Balaban J connectivity index is 1.47. The summed E-state index contributed by atoms with van der Waals surface area (Å²) in [4.78, 5) is 30.1. The Hall–Kier alpha value is -3.48. The minimum absolute atomic E-state index is 0.186. The zero-order valence-corrected chi connectivity index (χ0v) is 19.5. The van der Waals surface area contributed by atoms with E-state index in [-0.39, 0.29) is 30.0 Å². The lowest BCUT2D eigenvalue weighted by Crippen LogP contribution is -2.67. The number of benzene rings is 3. The molecule has 0 saturated carbocycles. The molecular weight excluding hydrogens is 428 g/mol. The normalized spacial score (nSPS) is 29.1. The Kier molecular flexibility index (Phi) is 5.71. The molecular formula is C28H28N2O4. The van der Waals surface area contributed by atoms with Gasteiger partial charge in [0.1, 0.15) is 6.10 Å². The number of carbonyl (C=O) groups excluding carboxylic acids is 2. The van der Waals surface area contributed by atoms with Gasteiger partial charge in [0.15, 0.2) is 6.10 Å². The number of para-hydroxylation sites is 1. The number of amides is 2. The number of ether oxygens (including phenoxy) is 2. The number of hydrogen-bond acceptors (Lipinski definition) is 4. The second-order valence-electron chi connectivity index (χ2n) is 8.99. The van der Waals surface area contributed by atoms with Gasteiger partial charge in [0.2, 0.25) is 5.79 Å². The first kappa shape index (κ1) is 22.3. The maximum atomic E-state index is 13.4. The molecule has 3 aromatic carbocycles. The lowest BCUT2D eigenvalue weighted by molar-refractivity contribution is -0.290. The molecule has 0 bridgehead atoms. The summed E-state index contributed by atoms with van der Waals surface area (Å²) in [6.45, 7) is 3.57. The van der Waals surface area contributed by atoms with Crippen molar-refractivity contribution in [2.24, 2.45) is 0 Å². The summed E-state index contributed by atoms with van der Waals surface area (Å²) in [5, 5.41) is 0. The van der Waals surface area contributed by atoms with Crippen molar-refractivity contribution in [2.45, 2.75) is 43.9 Å². The average Bonchev–Trinajstić information content (AvgIpc) is 2.88. The van der Waals surface area contributed by atoms with Crippen molar-refractivity contribution in [3.63, 3.8) is 0 Å². The highest BCUT2D eigenvalue weighted by Gasteiger charge is 2.57. The van der Waals surface area contributed by atoms with Crippen LogP contribution in [-0.4, -0.2) is 41.7 Å². The van der Waals surface area contributed by atoms with E-state index in [9.17, 15) is 9.59 Å². The molecule has 6 nitrogen and oxygen atoms in total. The summed E-state index contributed by atoms with van der Waals surface area (Å²) < 4.78 is 12.7. The van der Waals surface area contributed by atoms with Gasteiger partial charge in [-0.05, 0) is 37.1 Å². The van der Waals surface area contributed by atoms with Crippen LogP contribution in [0, 0.1) is 0 Å². The second kappa shape index (κ2) is 8.70. The van der Waals surface area contributed by atoms with Crippen LogP contribution >= 0.6 is 0 Å². The van der Waals surface area contributed by atoms with Crippen LogP contribution < -0.4 is 4.90 Å². The van der Waals surface area contributed by atoms with E-state index in [2.05, 4.69) is 0 Å². The maximum absolute atomic E-state index is 13.4. The number of β-lactam (4-membered cyclic amide) rings is 1. The SMILES string of the molecule is C[C@H]1[C@@H](c2ccccc2)O[C@@](C)(O[C@H]2C(=O)N(c3ccccc3)[C@H]2c2ccccc2)C(=O)N1C. The first-order chi connectivity index (χ1) is 16.4. The van der Waals surface area contributed by atoms with Crippen LogP contribution in [0.15, 0.2) is 91.0 Å². The number of nitrogens with zero attached hydrogens (tertiary/aromatic N) is 2. The van der Waals surface area contributed by atoms with Crippen LogP contribution in [0.25, 0.3) is 0 Å². The number of hydrogen-bond donors (Lipinski definition) is 0. The van der Waals surface area contributed by atoms with E-state index < -0.39 is 11.9 Å². The molecule has 2 aliphatic heterocycles. The molecule has 2 aliphatic rings. The van der Waals surface area contributed by atoms with Crippen LogP contribution in [0.2, 0.25) is 0 Å². The van der Waals surface area contributed by atoms with Crippen LogP contribution in [-0.2, 0) is 19.1 Å². The second-order valence-corrected chi connectivity index (χ2v) is 8.99. The summed E-state index contributed by atoms with van der Waals surface area (Å²) in [7, 11) is 1.75. The number of anilines is 1. The number of rotatable bonds is 5.